The molecule has 0 bridgehead atoms. The molecule has 2 aromatic rings. The molecule has 0 saturated heterocycles. The molecule has 0 aromatic heterocycles. The summed E-state index contributed by atoms with van der Waals surface area (Å²) in [4.78, 5) is 41.3. The number of hydrogen-bond acceptors (Lipinski definition) is 10. The molecule has 228 valence electrons. The number of nitrogens with one attached hydrogen (secondary N) is 1. The van der Waals surface area contributed by atoms with E-state index in [1.165, 1.54) is 11.0 Å². The number of nitrogens with two attached hydrogens (primary N) is 1. The molecule has 3 aliphatic rings. The van der Waals surface area contributed by atoms with E-state index in [4.69, 9.17) is 10.5 Å². The number of fused-ring (bicyclic) bond motifs is 3. The van der Waals surface area contributed by atoms with Gasteiger partial charge >= 0.3 is 0 Å². The number of phenols is 1. The number of nitrogens with zero attached hydrogens (tertiary/aromatic N) is 1. The summed E-state index contributed by atoms with van der Waals surface area (Å²) >= 11 is 0. The molecule has 7 N–H and O–H groups in total. The van der Waals surface area contributed by atoms with Crippen LogP contribution in [0.1, 0.15) is 41.8 Å². The third kappa shape index (κ3) is 4.59. The predicted octanol–water partition coefficient (Wildman–Crippen LogP) is 2.29. The average molecular weight is 592 g/mol. The van der Waals surface area contributed by atoms with E-state index in [0.717, 1.165) is 5.56 Å². The van der Waals surface area contributed by atoms with Crippen molar-refractivity contribution < 1.29 is 39.5 Å². The molecule has 2 aromatic carbocycles. The maximum absolute atomic E-state index is 14.1. The van der Waals surface area contributed by atoms with Crippen LogP contribution in [0.15, 0.2) is 53.0 Å². The largest absolute Gasteiger partial charge is 0.510 e. The number of rotatable bonds is 7. The van der Waals surface area contributed by atoms with Crippen LogP contribution in [0, 0.1) is 11.8 Å². The Kier molecular flexibility index (Phi) is 7.62. The third-order valence-corrected chi connectivity index (χ3v) is 8.87. The van der Waals surface area contributed by atoms with Gasteiger partial charge in [0.25, 0.3) is 5.91 Å². The van der Waals surface area contributed by atoms with Crippen molar-refractivity contribution in [1.29, 1.82) is 0 Å². The van der Waals surface area contributed by atoms with Gasteiger partial charge in [0.1, 0.15) is 28.6 Å². The first kappa shape index (κ1) is 30.3. The number of amides is 1. The van der Waals surface area contributed by atoms with Gasteiger partial charge in [-0.1, -0.05) is 26.0 Å². The second kappa shape index (κ2) is 10.8. The lowest BCUT2D eigenvalue weighted by molar-refractivity contribution is -0.148. The van der Waals surface area contributed by atoms with Crippen LogP contribution in [0.3, 0.4) is 0 Å². The van der Waals surface area contributed by atoms with Crippen molar-refractivity contribution in [3.05, 3.63) is 69.7 Å². The number of carbonyl (C=O) groups is 3. The molecule has 0 aliphatic heterocycles. The Bertz CT molecular complexity index is 1610. The van der Waals surface area contributed by atoms with Crippen LogP contribution in [0.5, 0.6) is 11.5 Å². The maximum atomic E-state index is 14.1. The number of hydrogen-bond donors (Lipinski definition) is 6. The molecule has 5 rings (SSSR count). The van der Waals surface area contributed by atoms with Crippen LogP contribution < -0.4 is 15.8 Å². The highest BCUT2D eigenvalue weighted by atomic mass is 16.5. The standard InChI is InChI=1S/C32H37N3O8/c1-14(2)34-13-15-6-9-22(43-5)18(10-15)17-7-8-21(36)24-19(17)11-16-12-20-26(35(3)4)28(38)25(31(33)41)30(40)32(20,42)29(39)23(16)27(24)37/h6-10,14,16,20,26,34,36,38-39,42H,11-13H2,1-5H3,(H2,33,41)/t16-,20-,26-,32-/m1/s1. The number of aliphatic hydroxyl groups is 3. The number of Topliss-reactive ketones (excluding diaryl/α,β-unsaturated/α-hetero) is 2. The first-order valence-corrected chi connectivity index (χ1v) is 14.1. The molecular weight excluding hydrogens is 554 g/mol. The third-order valence-electron chi connectivity index (χ3n) is 8.87. The summed E-state index contributed by atoms with van der Waals surface area (Å²) in [5, 5.41) is 48.6. The predicted molar refractivity (Wildman–Crippen MR) is 158 cm³/mol. The fraction of sp³-hybridized carbons (Fsp3) is 0.406. The monoisotopic (exact) mass is 591 g/mol. The Hall–Kier alpha value is -4.19. The Balaban J connectivity index is 1.69. The normalized spacial score (nSPS) is 25.2. The van der Waals surface area contributed by atoms with Crippen LogP contribution in [-0.2, 0) is 22.6 Å². The maximum Gasteiger partial charge on any atom is 0.255 e. The van der Waals surface area contributed by atoms with Gasteiger partial charge in [-0.15, -0.1) is 0 Å². The second-order valence-corrected chi connectivity index (χ2v) is 12.0. The lowest BCUT2D eigenvalue weighted by Gasteiger charge is -2.50. The summed E-state index contributed by atoms with van der Waals surface area (Å²) in [6.07, 6.45) is 0.187. The fourth-order valence-corrected chi connectivity index (χ4v) is 6.90. The van der Waals surface area contributed by atoms with Gasteiger partial charge < -0.3 is 36.2 Å². The number of carbonyl (C=O) groups excluding carboxylic acids is 3. The number of methoxy groups -OCH3 is 1. The quantitative estimate of drug-likeness (QED) is 0.261. The molecule has 0 saturated carbocycles. The van der Waals surface area contributed by atoms with Crippen molar-refractivity contribution in [2.45, 2.75) is 50.9 Å². The van der Waals surface area contributed by atoms with Crippen LogP contribution in [0.2, 0.25) is 0 Å². The number of aromatic hydroxyl groups is 1. The number of likely N-dealkylation sites (N-methyl/N-ethyl adjacent to an activating group) is 1. The van der Waals surface area contributed by atoms with Crippen molar-refractivity contribution in [1.82, 2.24) is 10.2 Å². The molecule has 11 nitrogen and oxygen atoms in total. The molecular formula is C32H37N3O8. The van der Waals surface area contributed by atoms with Gasteiger partial charge in [-0.2, -0.15) is 0 Å². The van der Waals surface area contributed by atoms with E-state index in [9.17, 15) is 34.8 Å². The minimum Gasteiger partial charge on any atom is -0.510 e. The molecule has 11 heteroatoms. The molecule has 43 heavy (non-hydrogen) atoms. The van der Waals surface area contributed by atoms with Gasteiger partial charge in [-0.25, -0.2) is 0 Å². The van der Waals surface area contributed by atoms with E-state index in [0.29, 0.717) is 29.0 Å². The number of primary amides is 1. The van der Waals surface area contributed by atoms with Crippen molar-refractivity contribution in [3.8, 4) is 22.6 Å². The molecule has 1 amide bonds. The lowest BCUT2D eigenvalue weighted by Crippen LogP contribution is -2.63. The minimum atomic E-state index is -2.68. The van der Waals surface area contributed by atoms with Crippen molar-refractivity contribution >= 4 is 17.5 Å². The number of allylic oxidation sites excluding steroid dienone is 1. The number of phenolic OH excluding ortho intramolecular Hbond substituents is 1. The van der Waals surface area contributed by atoms with Gasteiger partial charge in [0, 0.05) is 29.6 Å². The van der Waals surface area contributed by atoms with E-state index in [1.54, 1.807) is 27.3 Å². The minimum absolute atomic E-state index is 0.0103. The molecule has 0 unspecified atom stereocenters. The highest BCUT2D eigenvalue weighted by Gasteiger charge is 2.63. The molecule has 0 fully saturated rings. The second-order valence-electron chi connectivity index (χ2n) is 12.0. The van der Waals surface area contributed by atoms with Crippen molar-refractivity contribution in [2.24, 2.45) is 17.6 Å². The van der Waals surface area contributed by atoms with Gasteiger partial charge in [-0.05, 0) is 67.7 Å². The summed E-state index contributed by atoms with van der Waals surface area (Å²) < 4.78 is 5.67. The Morgan fingerprint density at radius 2 is 1.84 bits per heavy atom. The Labute approximate surface area is 249 Å². The molecule has 0 spiro atoms. The number of aliphatic hydroxyl groups excluding tert-OH is 2. The SMILES string of the molecule is COc1ccc(CNC(C)C)cc1-c1ccc(O)c2c1C[C@@H]1C[C@@H]3[C@@H](N(C)C)C(O)=C(C(N)=O)C(=O)[C@]3(O)C(O)=C1C2=O. The number of benzene rings is 2. The first-order valence-electron chi connectivity index (χ1n) is 14.1. The van der Waals surface area contributed by atoms with Crippen molar-refractivity contribution in [3.63, 3.8) is 0 Å². The molecule has 4 atom stereocenters. The zero-order valence-electron chi connectivity index (χ0n) is 24.8. The zero-order chi connectivity index (χ0) is 31.5. The van der Waals surface area contributed by atoms with Gasteiger partial charge in [0.15, 0.2) is 11.4 Å². The smallest absolute Gasteiger partial charge is 0.255 e. The molecule has 0 heterocycles. The fourth-order valence-electron chi connectivity index (χ4n) is 6.90. The molecule has 0 radical (unpaired) electrons. The number of ketones is 2. The zero-order valence-corrected chi connectivity index (χ0v) is 24.8. The Morgan fingerprint density at radius 1 is 1.14 bits per heavy atom. The van der Waals surface area contributed by atoms with Gasteiger partial charge in [-0.3, -0.25) is 19.3 Å². The summed E-state index contributed by atoms with van der Waals surface area (Å²) in [5.74, 6) is -6.29. The van der Waals surface area contributed by atoms with Crippen LogP contribution >= 0.6 is 0 Å². The van der Waals surface area contributed by atoms with Crippen molar-refractivity contribution in [2.75, 3.05) is 21.2 Å². The summed E-state index contributed by atoms with van der Waals surface area (Å²) in [6.45, 7) is 4.69. The number of ether oxygens (including phenoxy) is 1. The van der Waals surface area contributed by atoms with Crippen LogP contribution in [0.25, 0.3) is 11.1 Å². The van der Waals surface area contributed by atoms with E-state index in [2.05, 4.69) is 5.32 Å². The average Bonchev–Trinajstić information content (AvgIpc) is 2.93. The topological polar surface area (TPSA) is 183 Å². The summed E-state index contributed by atoms with van der Waals surface area (Å²) in [7, 11) is 4.74. The first-order chi connectivity index (χ1) is 20.2. The van der Waals surface area contributed by atoms with E-state index in [-0.39, 0.29) is 35.8 Å². The van der Waals surface area contributed by atoms with E-state index < -0.39 is 58.0 Å². The van der Waals surface area contributed by atoms with Crippen LogP contribution in [0.4, 0.5) is 0 Å². The highest BCUT2D eigenvalue weighted by molar-refractivity contribution is 6.25. The van der Waals surface area contributed by atoms with Gasteiger partial charge in [0.2, 0.25) is 5.78 Å². The molecule has 3 aliphatic carbocycles. The van der Waals surface area contributed by atoms with Gasteiger partial charge in [0.05, 0.1) is 18.7 Å². The lowest BCUT2D eigenvalue weighted by atomic mass is 9.58. The highest BCUT2D eigenvalue weighted by Crippen LogP contribution is 2.53. The van der Waals surface area contributed by atoms with Crippen LogP contribution in [-0.4, -0.2) is 81.7 Å². The van der Waals surface area contributed by atoms with E-state index in [1.807, 2.05) is 32.0 Å². The Morgan fingerprint density at radius 3 is 2.44 bits per heavy atom. The summed E-state index contributed by atoms with van der Waals surface area (Å²) in [5.41, 5.74) is 4.52. The summed E-state index contributed by atoms with van der Waals surface area (Å²) in [6, 6.07) is 8.06. The van der Waals surface area contributed by atoms with E-state index >= 15 is 0 Å².